The zero-order valence-corrected chi connectivity index (χ0v) is 11.9. The first-order valence-electron chi connectivity index (χ1n) is 5.75. The normalized spacial score (nSPS) is 18.5. The van der Waals surface area contributed by atoms with Crippen LogP contribution in [0.25, 0.3) is 0 Å². The van der Waals surface area contributed by atoms with Crippen LogP contribution in [0, 0.1) is 9.49 Å². The first-order chi connectivity index (χ1) is 8.07. The Morgan fingerprint density at radius 1 is 1.53 bits per heavy atom. The second-order valence-electron chi connectivity index (χ2n) is 4.78. The highest BCUT2D eigenvalue weighted by atomic mass is 127. The van der Waals surface area contributed by atoms with Crippen molar-refractivity contribution in [3.05, 3.63) is 33.4 Å². The van der Waals surface area contributed by atoms with Gasteiger partial charge >= 0.3 is 0 Å². The Hall–Kier alpha value is -0.620. The molecule has 2 N–H and O–H groups in total. The maximum absolute atomic E-state index is 12.1. The molecule has 0 bridgehead atoms. The fraction of sp³-hybridized carbons (Fsp3) is 0.462. The second-order valence-corrected chi connectivity index (χ2v) is 5.95. The molecule has 1 aliphatic rings. The van der Waals surface area contributed by atoms with Crippen LogP contribution in [0.15, 0.2) is 24.3 Å². The summed E-state index contributed by atoms with van der Waals surface area (Å²) in [5.41, 5.74) is 0.198. The summed E-state index contributed by atoms with van der Waals surface area (Å²) in [4.78, 5) is 12.1. The number of rotatable bonds is 4. The third-order valence-corrected chi connectivity index (χ3v) is 4.27. The highest BCUT2D eigenvalue weighted by Gasteiger charge is 2.42. The van der Waals surface area contributed by atoms with Gasteiger partial charge in [-0.3, -0.25) is 4.79 Å². The van der Waals surface area contributed by atoms with Crippen LogP contribution >= 0.6 is 22.6 Å². The molecular weight excluding hydrogens is 329 g/mol. The van der Waals surface area contributed by atoms with E-state index in [9.17, 15) is 9.90 Å². The minimum absolute atomic E-state index is 0.00712. The van der Waals surface area contributed by atoms with E-state index in [0.29, 0.717) is 11.5 Å². The first kappa shape index (κ1) is 12.8. The Morgan fingerprint density at radius 2 is 2.18 bits per heavy atom. The van der Waals surface area contributed by atoms with E-state index in [2.05, 4.69) is 27.9 Å². The molecule has 2 rings (SSSR count). The predicted octanol–water partition coefficient (Wildman–Crippen LogP) is 2.18. The van der Waals surface area contributed by atoms with E-state index in [0.717, 1.165) is 16.4 Å². The van der Waals surface area contributed by atoms with Gasteiger partial charge in [0.25, 0.3) is 5.91 Å². The lowest BCUT2D eigenvalue weighted by molar-refractivity contribution is 0.0823. The summed E-state index contributed by atoms with van der Waals surface area (Å²) in [5.74, 6) is 0.316. The first-order valence-corrected chi connectivity index (χ1v) is 6.82. The number of carbonyl (C=O) groups excluding carboxylic acids is 1. The maximum atomic E-state index is 12.1. The minimum Gasteiger partial charge on any atom is -0.394 e. The van der Waals surface area contributed by atoms with Gasteiger partial charge in [-0.1, -0.05) is 12.1 Å². The van der Waals surface area contributed by atoms with Crippen LogP contribution in [-0.4, -0.2) is 23.2 Å². The fourth-order valence-corrected chi connectivity index (χ4v) is 2.60. The predicted molar refractivity (Wildman–Crippen MR) is 74.8 cm³/mol. The van der Waals surface area contributed by atoms with Gasteiger partial charge in [0.05, 0.1) is 17.7 Å². The number of carbonyl (C=O) groups is 1. The van der Waals surface area contributed by atoms with Crippen molar-refractivity contribution >= 4 is 28.5 Å². The molecular formula is C13H16INO2. The number of halogens is 1. The second kappa shape index (κ2) is 4.94. The van der Waals surface area contributed by atoms with Gasteiger partial charge in [0, 0.05) is 3.57 Å². The van der Waals surface area contributed by atoms with Crippen molar-refractivity contribution in [3.8, 4) is 0 Å². The lowest BCUT2D eigenvalue weighted by Crippen LogP contribution is -2.50. The number of aliphatic hydroxyl groups excluding tert-OH is 1. The monoisotopic (exact) mass is 345 g/mol. The molecule has 4 heteroatoms. The number of hydrogen-bond acceptors (Lipinski definition) is 2. The van der Waals surface area contributed by atoms with Crippen LogP contribution in [0.2, 0.25) is 0 Å². The molecule has 1 aromatic rings. The minimum atomic E-state index is -0.476. The summed E-state index contributed by atoms with van der Waals surface area (Å²) in [6.07, 6.45) is 2.17. The third kappa shape index (κ3) is 2.80. The Balaban J connectivity index is 2.13. The Bertz CT molecular complexity index is 431. The molecule has 17 heavy (non-hydrogen) atoms. The summed E-state index contributed by atoms with van der Waals surface area (Å²) in [6, 6.07) is 7.47. The van der Waals surface area contributed by atoms with E-state index in [1.165, 1.54) is 0 Å². The highest BCUT2D eigenvalue weighted by molar-refractivity contribution is 14.1. The number of hydrogen-bond donors (Lipinski definition) is 2. The molecule has 0 saturated heterocycles. The molecule has 1 aliphatic carbocycles. The van der Waals surface area contributed by atoms with Crippen molar-refractivity contribution in [2.45, 2.75) is 25.3 Å². The van der Waals surface area contributed by atoms with E-state index in [-0.39, 0.29) is 12.5 Å². The van der Waals surface area contributed by atoms with Crippen LogP contribution in [0.5, 0.6) is 0 Å². The molecule has 92 valence electrons. The average Bonchev–Trinajstić information content (AvgIpc) is 3.13. The molecule has 0 aromatic heterocycles. The molecule has 1 fully saturated rings. The fourth-order valence-electron chi connectivity index (χ4n) is 1.96. The van der Waals surface area contributed by atoms with Crippen LogP contribution < -0.4 is 5.32 Å². The number of benzene rings is 1. The zero-order valence-electron chi connectivity index (χ0n) is 9.74. The average molecular weight is 345 g/mol. The summed E-state index contributed by atoms with van der Waals surface area (Å²) in [5, 5.41) is 12.4. The standard InChI is InChI=1S/C13H16INO2/c1-13(8-16,9-6-7-9)15-12(17)10-4-2-3-5-11(10)14/h2-5,9,16H,6-8H2,1H3,(H,15,17). The van der Waals surface area contributed by atoms with Crippen LogP contribution in [0.4, 0.5) is 0 Å². The van der Waals surface area contributed by atoms with Crippen molar-refractivity contribution in [3.63, 3.8) is 0 Å². The number of aliphatic hydroxyl groups is 1. The number of nitrogens with one attached hydrogen (secondary N) is 1. The summed E-state index contributed by atoms with van der Waals surface area (Å²) in [6.45, 7) is 1.91. The van der Waals surface area contributed by atoms with Gasteiger partial charge in [0.2, 0.25) is 0 Å². The lowest BCUT2D eigenvalue weighted by atomic mass is 9.96. The lowest BCUT2D eigenvalue weighted by Gasteiger charge is -2.29. The topological polar surface area (TPSA) is 49.3 Å². The summed E-state index contributed by atoms with van der Waals surface area (Å²) in [7, 11) is 0. The van der Waals surface area contributed by atoms with Crippen molar-refractivity contribution in [1.29, 1.82) is 0 Å². The van der Waals surface area contributed by atoms with Crippen molar-refractivity contribution in [2.75, 3.05) is 6.61 Å². The Labute approximate surface area is 115 Å². The smallest absolute Gasteiger partial charge is 0.252 e. The molecule has 0 spiro atoms. The van der Waals surface area contributed by atoms with Crippen molar-refractivity contribution < 1.29 is 9.90 Å². The van der Waals surface area contributed by atoms with E-state index >= 15 is 0 Å². The van der Waals surface area contributed by atoms with Gasteiger partial charge in [-0.2, -0.15) is 0 Å². The summed E-state index contributed by atoms with van der Waals surface area (Å²) >= 11 is 2.15. The maximum Gasteiger partial charge on any atom is 0.252 e. The third-order valence-electron chi connectivity index (χ3n) is 3.32. The quantitative estimate of drug-likeness (QED) is 0.822. The molecule has 3 nitrogen and oxygen atoms in total. The van der Waals surface area contributed by atoms with Gasteiger partial charge in [-0.25, -0.2) is 0 Å². The van der Waals surface area contributed by atoms with Crippen LogP contribution in [0.3, 0.4) is 0 Å². The molecule has 1 unspecified atom stereocenters. The van der Waals surface area contributed by atoms with Gasteiger partial charge in [0.1, 0.15) is 0 Å². The molecule has 0 heterocycles. The van der Waals surface area contributed by atoms with E-state index < -0.39 is 5.54 Å². The van der Waals surface area contributed by atoms with Gasteiger partial charge in [-0.05, 0) is 60.4 Å². The molecule has 1 amide bonds. The van der Waals surface area contributed by atoms with Gasteiger partial charge < -0.3 is 10.4 Å². The van der Waals surface area contributed by atoms with Crippen LogP contribution in [0.1, 0.15) is 30.1 Å². The van der Waals surface area contributed by atoms with Crippen LogP contribution in [-0.2, 0) is 0 Å². The molecule has 1 saturated carbocycles. The van der Waals surface area contributed by atoms with Gasteiger partial charge in [0.15, 0.2) is 0 Å². The molecule has 1 aromatic carbocycles. The van der Waals surface area contributed by atoms with Gasteiger partial charge in [-0.15, -0.1) is 0 Å². The molecule has 0 radical (unpaired) electrons. The molecule has 1 atom stereocenters. The number of amides is 1. The van der Waals surface area contributed by atoms with E-state index in [1.54, 1.807) is 0 Å². The zero-order chi connectivity index (χ0) is 12.5. The molecule has 0 aliphatic heterocycles. The van der Waals surface area contributed by atoms with Crippen molar-refractivity contribution in [2.24, 2.45) is 5.92 Å². The largest absolute Gasteiger partial charge is 0.394 e. The Kier molecular flexibility index (Phi) is 3.73. The van der Waals surface area contributed by atoms with E-state index in [1.807, 2.05) is 31.2 Å². The van der Waals surface area contributed by atoms with Crippen molar-refractivity contribution in [1.82, 2.24) is 5.32 Å². The highest BCUT2D eigenvalue weighted by Crippen LogP contribution is 2.39. The van der Waals surface area contributed by atoms with E-state index in [4.69, 9.17) is 0 Å². The SMILES string of the molecule is CC(CO)(NC(=O)c1ccccc1I)C1CC1. The summed E-state index contributed by atoms with van der Waals surface area (Å²) < 4.78 is 0.929. The Morgan fingerprint density at radius 3 is 2.71 bits per heavy atom.